The third-order valence-corrected chi connectivity index (χ3v) is 2.82. The Kier molecular flexibility index (Phi) is 3.32. The van der Waals surface area contributed by atoms with E-state index in [9.17, 15) is 9.90 Å². The van der Waals surface area contributed by atoms with Gasteiger partial charge in [0.05, 0.1) is 12.7 Å². The van der Waals surface area contributed by atoms with Crippen LogP contribution in [0.15, 0.2) is 30.6 Å². The van der Waals surface area contributed by atoms with E-state index in [4.69, 9.17) is 4.74 Å². The molecule has 2 aromatic rings. The number of hydrogen-bond acceptors (Lipinski definition) is 3. The van der Waals surface area contributed by atoms with Gasteiger partial charge in [0.25, 0.3) is 0 Å². The molecule has 0 aliphatic rings. The molecule has 0 fully saturated rings. The number of carboxylic acid groups (broad SMARTS) is 1. The lowest BCUT2D eigenvalue weighted by molar-refractivity contribution is 0.0695. The first-order chi connectivity index (χ1) is 8.61. The summed E-state index contributed by atoms with van der Waals surface area (Å²) in [6.45, 7) is 0. The maximum absolute atomic E-state index is 11.2. The molecule has 2 rings (SSSR count). The van der Waals surface area contributed by atoms with Gasteiger partial charge in [-0.2, -0.15) is 0 Å². The zero-order chi connectivity index (χ0) is 13.1. The number of methoxy groups -OCH3 is 1. The summed E-state index contributed by atoms with van der Waals surface area (Å²) in [5.74, 6) is 0.400. The van der Waals surface area contributed by atoms with Gasteiger partial charge in [0.1, 0.15) is 11.6 Å². The highest BCUT2D eigenvalue weighted by Gasteiger charge is 2.13. The van der Waals surface area contributed by atoms with E-state index in [0.717, 1.165) is 11.4 Å². The molecule has 0 saturated carbocycles. The Bertz CT molecular complexity index is 575. The Morgan fingerprint density at radius 2 is 2.28 bits per heavy atom. The number of aryl methyl sites for hydroxylation is 1. The molecule has 1 N–H and O–H groups in total. The van der Waals surface area contributed by atoms with E-state index < -0.39 is 5.97 Å². The molecule has 5 nitrogen and oxygen atoms in total. The number of carbonyl (C=O) groups is 1. The number of ether oxygens (including phenoxy) is 1. The average molecular weight is 246 g/mol. The number of aromatic carboxylic acids is 1. The topological polar surface area (TPSA) is 64.4 Å². The molecular formula is C13H14N2O3. The average Bonchev–Trinajstić information content (AvgIpc) is 2.75. The van der Waals surface area contributed by atoms with E-state index >= 15 is 0 Å². The zero-order valence-electron chi connectivity index (χ0n) is 10.3. The summed E-state index contributed by atoms with van der Waals surface area (Å²) in [4.78, 5) is 15.4. The molecule has 0 saturated heterocycles. The summed E-state index contributed by atoms with van der Waals surface area (Å²) in [6, 6.07) is 5.04. The van der Waals surface area contributed by atoms with Crippen LogP contribution in [0.1, 0.15) is 21.7 Å². The van der Waals surface area contributed by atoms with Crippen molar-refractivity contribution in [3.63, 3.8) is 0 Å². The number of benzene rings is 1. The Morgan fingerprint density at radius 1 is 1.50 bits per heavy atom. The van der Waals surface area contributed by atoms with Crippen LogP contribution >= 0.6 is 0 Å². The van der Waals surface area contributed by atoms with Crippen LogP contribution in [0.5, 0.6) is 5.75 Å². The lowest BCUT2D eigenvalue weighted by Crippen LogP contribution is -2.06. The molecule has 0 radical (unpaired) electrons. The minimum absolute atomic E-state index is 0.248. The molecule has 1 aromatic carbocycles. The van der Waals surface area contributed by atoms with Gasteiger partial charge < -0.3 is 14.4 Å². The standard InChI is InChI=1S/C13H14N2O3/c1-15-6-5-14-12(15)7-9-3-4-10(18-2)8-11(9)13(16)17/h3-6,8H,7H2,1-2H3,(H,16,17). The van der Waals surface area contributed by atoms with Crippen molar-refractivity contribution in [2.45, 2.75) is 6.42 Å². The number of imidazole rings is 1. The first kappa shape index (κ1) is 12.2. The molecule has 18 heavy (non-hydrogen) atoms. The van der Waals surface area contributed by atoms with E-state index in [0.29, 0.717) is 12.2 Å². The van der Waals surface area contributed by atoms with Crippen LogP contribution in [0.3, 0.4) is 0 Å². The Balaban J connectivity index is 2.38. The Labute approximate surface area is 105 Å². The SMILES string of the molecule is COc1ccc(Cc2nccn2C)c(C(=O)O)c1. The van der Waals surface area contributed by atoms with Crippen molar-refractivity contribution < 1.29 is 14.6 Å². The number of aromatic nitrogens is 2. The van der Waals surface area contributed by atoms with Crippen molar-refractivity contribution in [2.75, 3.05) is 7.11 Å². The summed E-state index contributed by atoms with van der Waals surface area (Å²) in [7, 11) is 3.39. The summed E-state index contributed by atoms with van der Waals surface area (Å²) in [6.07, 6.45) is 4.01. The van der Waals surface area contributed by atoms with E-state index in [1.54, 1.807) is 18.3 Å². The van der Waals surface area contributed by atoms with Crippen molar-refractivity contribution in [2.24, 2.45) is 7.05 Å². The highest BCUT2D eigenvalue weighted by molar-refractivity contribution is 5.90. The van der Waals surface area contributed by atoms with Crippen LogP contribution in [-0.4, -0.2) is 27.7 Å². The first-order valence-electron chi connectivity index (χ1n) is 5.48. The van der Waals surface area contributed by atoms with Crippen LogP contribution in [0.25, 0.3) is 0 Å². The Hall–Kier alpha value is -2.30. The molecule has 5 heteroatoms. The van der Waals surface area contributed by atoms with E-state index in [2.05, 4.69) is 4.98 Å². The molecule has 0 amide bonds. The molecular weight excluding hydrogens is 232 g/mol. The van der Waals surface area contributed by atoms with Crippen LogP contribution in [0.2, 0.25) is 0 Å². The van der Waals surface area contributed by atoms with Crippen molar-refractivity contribution in [3.8, 4) is 5.75 Å². The van der Waals surface area contributed by atoms with Gasteiger partial charge in [-0.15, -0.1) is 0 Å². The second-order valence-electron chi connectivity index (χ2n) is 3.96. The molecule has 94 valence electrons. The predicted octanol–water partition coefficient (Wildman–Crippen LogP) is 1.72. The van der Waals surface area contributed by atoms with Crippen molar-refractivity contribution >= 4 is 5.97 Å². The van der Waals surface area contributed by atoms with Gasteiger partial charge in [0.2, 0.25) is 0 Å². The third kappa shape index (κ3) is 2.34. The monoisotopic (exact) mass is 246 g/mol. The largest absolute Gasteiger partial charge is 0.497 e. The molecule has 1 aromatic heterocycles. The lowest BCUT2D eigenvalue weighted by Gasteiger charge is -2.08. The molecule has 0 aliphatic carbocycles. The van der Waals surface area contributed by atoms with Gasteiger partial charge in [-0.05, 0) is 17.7 Å². The molecule has 0 atom stereocenters. The van der Waals surface area contributed by atoms with Crippen LogP contribution in [0, 0.1) is 0 Å². The molecule has 0 aliphatic heterocycles. The summed E-state index contributed by atoms with van der Waals surface area (Å²) < 4.78 is 6.91. The van der Waals surface area contributed by atoms with E-state index in [-0.39, 0.29) is 5.56 Å². The van der Waals surface area contributed by atoms with E-state index in [1.807, 2.05) is 17.8 Å². The maximum Gasteiger partial charge on any atom is 0.336 e. The normalized spacial score (nSPS) is 10.3. The smallest absolute Gasteiger partial charge is 0.336 e. The Morgan fingerprint density at radius 3 is 2.83 bits per heavy atom. The second kappa shape index (κ2) is 4.91. The van der Waals surface area contributed by atoms with E-state index in [1.165, 1.54) is 13.2 Å². The van der Waals surface area contributed by atoms with Gasteiger partial charge in [-0.3, -0.25) is 0 Å². The zero-order valence-corrected chi connectivity index (χ0v) is 10.3. The van der Waals surface area contributed by atoms with Crippen LogP contribution in [-0.2, 0) is 13.5 Å². The number of rotatable bonds is 4. The lowest BCUT2D eigenvalue weighted by atomic mass is 10.0. The molecule has 1 heterocycles. The fourth-order valence-corrected chi connectivity index (χ4v) is 1.77. The van der Waals surface area contributed by atoms with Gasteiger partial charge >= 0.3 is 5.97 Å². The second-order valence-corrected chi connectivity index (χ2v) is 3.96. The van der Waals surface area contributed by atoms with Crippen LogP contribution in [0.4, 0.5) is 0 Å². The number of hydrogen-bond donors (Lipinski definition) is 1. The summed E-state index contributed by atoms with van der Waals surface area (Å²) in [5, 5.41) is 9.20. The van der Waals surface area contributed by atoms with Crippen LogP contribution < -0.4 is 4.74 Å². The van der Waals surface area contributed by atoms with Crippen molar-refractivity contribution in [3.05, 3.63) is 47.5 Å². The first-order valence-corrected chi connectivity index (χ1v) is 5.48. The fraction of sp³-hybridized carbons (Fsp3) is 0.231. The molecule has 0 unspecified atom stereocenters. The predicted molar refractivity (Wildman–Crippen MR) is 66.0 cm³/mol. The number of carboxylic acids is 1. The highest BCUT2D eigenvalue weighted by Crippen LogP contribution is 2.20. The van der Waals surface area contributed by atoms with Crippen molar-refractivity contribution in [1.29, 1.82) is 0 Å². The molecule has 0 spiro atoms. The highest BCUT2D eigenvalue weighted by atomic mass is 16.5. The van der Waals surface area contributed by atoms with Gasteiger partial charge in [-0.25, -0.2) is 9.78 Å². The van der Waals surface area contributed by atoms with Gasteiger partial charge in [-0.1, -0.05) is 6.07 Å². The summed E-state index contributed by atoms with van der Waals surface area (Å²) in [5.41, 5.74) is 0.968. The maximum atomic E-state index is 11.2. The van der Waals surface area contributed by atoms with Gasteiger partial charge in [0.15, 0.2) is 0 Å². The molecule has 0 bridgehead atoms. The van der Waals surface area contributed by atoms with Gasteiger partial charge in [0, 0.05) is 25.9 Å². The quantitative estimate of drug-likeness (QED) is 0.892. The number of nitrogens with zero attached hydrogens (tertiary/aromatic N) is 2. The fourth-order valence-electron chi connectivity index (χ4n) is 1.77. The third-order valence-electron chi connectivity index (χ3n) is 2.82. The van der Waals surface area contributed by atoms with Crippen molar-refractivity contribution in [1.82, 2.24) is 9.55 Å². The minimum atomic E-state index is -0.960. The minimum Gasteiger partial charge on any atom is -0.497 e. The summed E-state index contributed by atoms with van der Waals surface area (Å²) >= 11 is 0.